The minimum Gasteiger partial charge on any atom is -0.478 e. The number of ether oxygens (including phenoxy) is 1. The maximum absolute atomic E-state index is 10.1. The van der Waals surface area contributed by atoms with Crippen molar-refractivity contribution >= 4 is 5.97 Å². The largest absolute Gasteiger partial charge is 0.478 e. The van der Waals surface area contributed by atoms with Gasteiger partial charge in [-0.15, -0.1) is 0 Å². The molecular formula is C15H30O5. The second-order valence-electron chi connectivity index (χ2n) is 4.71. The molecule has 3 N–H and O–H groups in total. The van der Waals surface area contributed by atoms with Gasteiger partial charge in [0.25, 0.3) is 0 Å². The normalized spacial score (nSPS) is 13.0. The Morgan fingerprint density at radius 3 is 2.30 bits per heavy atom. The van der Waals surface area contributed by atoms with E-state index >= 15 is 0 Å². The van der Waals surface area contributed by atoms with Gasteiger partial charge in [0.05, 0.1) is 25.4 Å². The topological polar surface area (TPSA) is 87.0 Å². The fourth-order valence-electron chi connectivity index (χ4n) is 1.56. The molecule has 0 saturated carbocycles. The third-order valence-electron chi connectivity index (χ3n) is 2.93. The molecule has 0 heterocycles. The number of carbonyl (C=O) groups is 1. The molecule has 20 heavy (non-hydrogen) atoms. The van der Waals surface area contributed by atoms with Crippen LogP contribution in [-0.4, -0.2) is 46.7 Å². The Hall–Kier alpha value is -0.910. The number of carboxylic acids is 1. The van der Waals surface area contributed by atoms with E-state index in [2.05, 4.69) is 13.5 Å². The molecule has 0 spiro atoms. The van der Waals surface area contributed by atoms with Crippen LogP contribution in [0.4, 0.5) is 0 Å². The maximum atomic E-state index is 10.1. The van der Waals surface area contributed by atoms with Crippen LogP contribution in [-0.2, 0) is 9.53 Å². The Morgan fingerprint density at radius 2 is 1.90 bits per heavy atom. The highest BCUT2D eigenvalue weighted by atomic mass is 16.5. The Kier molecular flexibility index (Phi) is 15.5. The number of hydrogen-bond acceptors (Lipinski definition) is 4. The van der Waals surface area contributed by atoms with Gasteiger partial charge >= 0.3 is 5.97 Å². The smallest absolute Gasteiger partial charge is 0.327 e. The molecule has 0 aliphatic rings. The minimum atomic E-state index is -0.981. The summed E-state index contributed by atoms with van der Waals surface area (Å²) < 4.78 is 5.20. The van der Waals surface area contributed by atoms with E-state index in [1.165, 1.54) is 19.3 Å². The van der Waals surface area contributed by atoms with Gasteiger partial charge in [-0.1, -0.05) is 46.1 Å². The molecule has 5 nitrogen and oxygen atoms in total. The second kappa shape index (κ2) is 14.5. The summed E-state index contributed by atoms with van der Waals surface area (Å²) in [5.74, 6) is -0.981. The Balaban J connectivity index is 0. The third-order valence-corrected chi connectivity index (χ3v) is 2.93. The summed E-state index contributed by atoms with van der Waals surface area (Å²) in [5, 5.41) is 26.3. The van der Waals surface area contributed by atoms with E-state index in [4.69, 9.17) is 14.9 Å². The Bertz CT molecular complexity index is 242. The highest BCUT2D eigenvalue weighted by Gasteiger charge is 2.23. The van der Waals surface area contributed by atoms with Gasteiger partial charge in [0.2, 0.25) is 0 Å². The zero-order chi connectivity index (χ0) is 15.9. The molecular weight excluding hydrogens is 260 g/mol. The van der Waals surface area contributed by atoms with Crippen molar-refractivity contribution in [3.8, 4) is 0 Å². The average Bonchev–Trinajstić information content (AvgIpc) is 2.44. The molecule has 0 aliphatic heterocycles. The van der Waals surface area contributed by atoms with Crippen LogP contribution in [0.1, 0.15) is 52.4 Å². The van der Waals surface area contributed by atoms with E-state index in [0.29, 0.717) is 19.6 Å². The summed E-state index contributed by atoms with van der Waals surface area (Å²) in [6, 6.07) is 0. The minimum absolute atomic E-state index is 0.0234. The Morgan fingerprint density at radius 1 is 1.30 bits per heavy atom. The Labute approximate surface area is 122 Å². The number of unbranched alkanes of at least 4 members (excludes halogenated alkanes) is 3. The van der Waals surface area contributed by atoms with E-state index in [1.54, 1.807) is 0 Å². The number of carboxylic acid groups (broad SMARTS) is 1. The first-order chi connectivity index (χ1) is 9.45. The lowest BCUT2D eigenvalue weighted by Crippen LogP contribution is -2.34. The molecule has 0 rings (SSSR count). The summed E-state index contributed by atoms with van der Waals surface area (Å²) in [5.41, 5.74) is -0.692. The van der Waals surface area contributed by atoms with Gasteiger partial charge < -0.3 is 20.1 Å². The molecule has 1 atom stereocenters. The van der Waals surface area contributed by atoms with Crippen LogP contribution in [0, 0.1) is 0 Å². The van der Waals surface area contributed by atoms with Gasteiger partial charge in [-0.05, 0) is 12.8 Å². The second-order valence-corrected chi connectivity index (χ2v) is 4.71. The summed E-state index contributed by atoms with van der Waals surface area (Å²) in [6.07, 6.45) is 7.03. The van der Waals surface area contributed by atoms with Gasteiger partial charge in [-0.25, -0.2) is 4.79 Å². The van der Waals surface area contributed by atoms with Crippen LogP contribution in [0.5, 0.6) is 0 Å². The highest BCUT2D eigenvalue weighted by molar-refractivity contribution is 5.78. The van der Waals surface area contributed by atoms with Crippen molar-refractivity contribution in [3.63, 3.8) is 0 Å². The zero-order valence-corrected chi connectivity index (χ0v) is 12.8. The number of aliphatic hydroxyl groups is 2. The highest BCUT2D eigenvalue weighted by Crippen LogP contribution is 2.19. The first-order valence-corrected chi connectivity index (χ1v) is 7.22. The van der Waals surface area contributed by atoms with E-state index in [1.807, 2.05) is 6.92 Å². The van der Waals surface area contributed by atoms with Crippen LogP contribution in [0.25, 0.3) is 0 Å². The summed E-state index contributed by atoms with van der Waals surface area (Å²) in [6.45, 7) is 7.80. The first kappa shape index (κ1) is 21.4. The van der Waals surface area contributed by atoms with E-state index in [9.17, 15) is 9.90 Å². The summed E-state index contributed by atoms with van der Waals surface area (Å²) >= 11 is 0. The predicted molar refractivity (Wildman–Crippen MR) is 79.7 cm³/mol. The lowest BCUT2D eigenvalue weighted by molar-refractivity contribution is -0.131. The average molecular weight is 290 g/mol. The predicted octanol–water partition coefficient (Wildman–Crippen LogP) is 2.36. The van der Waals surface area contributed by atoms with Gasteiger partial charge in [-0.2, -0.15) is 0 Å². The molecule has 0 aromatic rings. The van der Waals surface area contributed by atoms with Crippen molar-refractivity contribution in [1.29, 1.82) is 0 Å². The van der Waals surface area contributed by atoms with Crippen LogP contribution < -0.4 is 0 Å². The summed E-state index contributed by atoms with van der Waals surface area (Å²) in [4.78, 5) is 9.25. The zero-order valence-electron chi connectivity index (χ0n) is 12.8. The van der Waals surface area contributed by atoms with Gasteiger partial charge in [-0.3, -0.25) is 0 Å². The standard InChI is InChI=1S/C12H26O3.C3H4O2/c1-3-5-6-7-8-12(14,4-2)11-15-10-9-13;1-2-3(4)5/h13-14H,3-11H2,1-2H3;2H,1H2,(H,4,5). The van der Waals surface area contributed by atoms with E-state index in [0.717, 1.165) is 18.9 Å². The van der Waals surface area contributed by atoms with Gasteiger partial charge in [0.1, 0.15) is 0 Å². The number of aliphatic hydroxyl groups excluding tert-OH is 1. The first-order valence-electron chi connectivity index (χ1n) is 7.22. The molecule has 0 bridgehead atoms. The van der Waals surface area contributed by atoms with Crippen molar-refractivity contribution in [3.05, 3.63) is 12.7 Å². The van der Waals surface area contributed by atoms with Crippen molar-refractivity contribution in [1.82, 2.24) is 0 Å². The summed E-state index contributed by atoms with van der Waals surface area (Å²) in [7, 11) is 0. The van der Waals surface area contributed by atoms with Crippen molar-refractivity contribution in [2.45, 2.75) is 58.0 Å². The monoisotopic (exact) mass is 290 g/mol. The molecule has 0 aliphatic carbocycles. The van der Waals surface area contributed by atoms with E-state index in [-0.39, 0.29) is 6.61 Å². The molecule has 0 aromatic heterocycles. The van der Waals surface area contributed by atoms with Crippen molar-refractivity contribution in [2.24, 2.45) is 0 Å². The number of aliphatic carboxylic acids is 1. The molecule has 1 unspecified atom stereocenters. The molecule has 5 heteroatoms. The van der Waals surface area contributed by atoms with Gasteiger partial charge in [0.15, 0.2) is 0 Å². The molecule has 0 amide bonds. The fraction of sp³-hybridized carbons (Fsp3) is 0.800. The molecule has 0 saturated heterocycles. The van der Waals surface area contributed by atoms with Crippen molar-refractivity contribution < 1.29 is 24.9 Å². The molecule has 0 radical (unpaired) electrons. The molecule has 0 fully saturated rings. The third kappa shape index (κ3) is 15.1. The van der Waals surface area contributed by atoms with Crippen LogP contribution >= 0.6 is 0 Å². The molecule has 0 aromatic carbocycles. The van der Waals surface area contributed by atoms with Crippen LogP contribution in [0.15, 0.2) is 12.7 Å². The SMILES string of the molecule is C=CC(=O)O.CCCCCCC(O)(CC)COCCO. The van der Waals surface area contributed by atoms with Gasteiger partial charge in [0, 0.05) is 6.08 Å². The molecule has 120 valence electrons. The maximum Gasteiger partial charge on any atom is 0.327 e. The van der Waals surface area contributed by atoms with Crippen LogP contribution in [0.3, 0.4) is 0 Å². The van der Waals surface area contributed by atoms with Crippen molar-refractivity contribution in [2.75, 3.05) is 19.8 Å². The fourth-order valence-corrected chi connectivity index (χ4v) is 1.56. The lowest BCUT2D eigenvalue weighted by atomic mass is 9.94. The quantitative estimate of drug-likeness (QED) is 0.402. The lowest BCUT2D eigenvalue weighted by Gasteiger charge is -2.26. The number of rotatable bonds is 11. The van der Waals surface area contributed by atoms with Crippen LogP contribution in [0.2, 0.25) is 0 Å². The number of hydrogen-bond donors (Lipinski definition) is 3. The van der Waals surface area contributed by atoms with E-state index < -0.39 is 11.6 Å².